The van der Waals surface area contributed by atoms with Gasteiger partial charge < -0.3 is 5.32 Å². The van der Waals surface area contributed by atoms with Crippen molar-refractivity contribution >= 4 is 225 Å². The first-order valence-corrected chi connectivity index (χ1v) is 43.0. The minimum atomic E-state index is -0.365. The van der Waals surface area contributed by atoms with Crippen LogP contribution in [0.5, 0.6) is 0 Å². The molecule has 7 heterocycles. The van der Waals surface area contributed by atoms with Crippen LogP contribution in [0.3, 0.4) is 0 Å². The third kappa shape index (κ3) is 23.3. The van der Waals surface area contributed by atoms with Gasteiger partial charge in [0.2, 0.25) is 11.8 Å². The van der Waals surface area contributed by atoms with Gasteiger partial charge in [0.1, 0.15) is 6.42 Å². The van der Waals surface area contributed by atoms with Gasteiger partial charge in [0, 0.05) is 25.5 Å². The number of para-hydroxylation sites is 8. The number of hydrogen-bond acceptors (Lipinski definition) is 11. The third-order valence-corrected chi connectivity index (χ3v) is 26.4. The van der Waals surface area contributed by atoms with Gasteiger partial charge in [-0.3, -0.25) is 19.4 Å². The van der Waals surface area contributed by atoms with Gasteiger partial charge in [-0.2, -0.15) is 0 Å². The first kappa shape index (κ1) is 78.3. The molecule has 0 unspecified atom stereocenters. The van der Waals surface area contributed by atoms with E-state index in [2.05, 4.69) is 214 Å². The summed E-state index contributed by atoms with van der Waals surface area (Å²) >= 11 is 14.1. The van der Waals surface area contributed by atoms with E-state index in [1.54, 1.807) is 34.3 Å². The molecule has 13 aromatic rings. The molecule has 4 amide bonds. The molecule has 518 valence electrons. The van der Waals surface area contributed by atoms with E-state index in [-0.39, 0.29) is 74.9 Å². The van der Waals surface area contributed by atoms with Crippen molar-refractivity contribution in [1.82, 2.24) is 19.6 Å². The standard InChI is InChI=1S/C23H19N3O2SSe.C17H13NOSe.C16H13NSe.C12H11N.C6H8N2O2S.C4H3ISe.C4H4Se/c1-24-21(27)19(22(28)25(2)23(24)29)15-18-13-14-20(30-18)26(16-9-5-3-6-10-16)17-11-7-4-8-12-17;19-13-16-11-12-17(20-16)18(14-7-3-1-4-8-14)15-9-5-2-6-10-15;1-3-8-14(9-4-1)17(16-12-7-13-18-16)15-10-5-2-6-11-15;1-3-7-11(8-4-1)13-12-9-5-2-6-10-12;1-7-4(9)3-5(10)8(2)6(7)11;5-4-2-1-3-6-4;1-2-4-5-3-1/h3-15H,1-2H3;1-13H;1-13H;1-10,13H;3H2,1-2H3;1-3H;1-4H. The molecule has 0 radical (unpaired) electrons. The van der Waals surface area contributed by atoms with Crippen molar-refractivity contribution in [3.63, 3.8) is 0 Å². The Labute approximate surface area is 656 Å². The number of nitrogens with one attached hydrogen (secondary N) is 1. The molecule has 2 aliphatic heterocycles. The van der Waals surface area contributed by atoms with Crippen LogP contribution in [0.4, 0.5) is 59.2 Å². The van der Waals surface area contributed by atoms with Crippen LogP contribution in [-0.2, 0) is 19.2 Å². The predicted molar refractivity (Wildman–Crippen MR) is 444 cm³/mol. The zero-order valence-electron chi connectivity index (χ0n) is 56.4. The predicted octanol–water partition coefficient (Wildman–Crippen LogP) is 17.2. The molecular formula is C82H71IN8O5S2Se5. The maximum atomic E-state index is 12.6. The van der Waals surface area contributed by atoms with E-state index in [1.807, 2.05) is 152 Å². The molecule has 0 saturated carbocycles. The molecule has 8 aromatic carbocycles. The number of halogens is 1. The number of aldehydes is 1. The summed E-state index contributed by atoms with van der Waals surface area (Å²) in [6.45, 7) is 0. The number of anilines is 11. The molecule has 0 bridgehead atoms. The Morgan fingerprint density at radius 1 is 0.369 bits per heavy atom. The van der Waals surface area contributed by atoms with E-state index in [9.17, 15) is 24.0 Å². The number of rotatable bonds is 13. The first-order valence-electron chi connectivity index (χ1n) is 32.0. The van der Waals surface area contributed by atoms with Gasteiger partial charge in [-0.25, -0.2) is 0 Å². The molecule has 0 aliphatic carbocycles. The van der Waals surface area contributed by atoms with Gasteiger partial charge >= 0.3 is 517 Å². The number of likely N-dealkylation sites (N-methyl/N-ethyl adjacent to an activating group) is 2. The fourth-order valence-electron chi connectivity index (χ4n) is 9.75. The van der Waals surface area contributed by atoms with Crippen LogP contribution in [0.1, 0.15) is 20.1 Å². The van der Waals surface area contributed by atoms with Crippen LogP contribution < -0.4 is 20.0 Å². The van der Waals surface area contributed by atoms with Crippen molar-refractivity contribution in [2.45, 2.75) is 6.42 Å². The number of thiocarbonyl (C=S) groups is 2. The molecule has 2 saturated heterocycles. The van der Waals surface area contributed by atoms with E-state index in [0.717, 1.165) is 53.8 Å². The van der Waals surface area contributed by atoms with Crippen molar-refractivity contribution in [3.8, 4) is 0 Å². The summed E-state index contributed by atoms with van der Waals surface area (Å²) in [5.41, 5.74) is 9.19. The van der Waals surface area contributed by atoms with E-state index in [4.69, 9.17) is 24.4 Å². The number of carbonyl (C=O) groups excluding carboxylic acids is 5. The van der Waals surface area contributed by atoms with Crippen molar-refractivity contribution in [1.29, 1.82) is 0 Å². The Kier molecular flexibility index (Phi) is 31.5. The molecule has 5 aromatic heterocycles. The Hall–Kier alpha value is -8.84. The molecule has 15 rings (SSSR count). The van der Waals surface area contributed by atoms with Gasteiger partial charge in [-0.05, 0) is 36.5 Å². The first-order chi connectivity index (χ1) is 50.2. The minimum Gasteiger partial charge on any atom is -0.356 e. The second kappa shape index (κ2) is 41.5. The zero-order chi connectivity index (χ0) is 72.7. The van der Waals surface area contributed by atoms with Gasteiger partial charge in [0.05, 0.1) is 0 Å². The third-order valence-electron chi connectivity index (χ3n) is 14.9. The van der Waals surface area contributed by atoms with Crippen molar-refractivity contribution < 1.29 is 24.0 Å². The maximum Gasteiger partial charge on any atom is 0.0384 e. The smallest absolute Gasteiger partial charge is 0.0384 e. The van der Waals surface area contributed by atoms with E-state index in [0.29, 0.717) is 43.5 Å². The zero-order valence-corrected chi connectivity index (χ0v) is 68.8. The Bertz CT molecular complexity index is 4540. The average Bonchev–Trinajstić information content (AvgIpc) is 1.79. The van der Waals surface area contributed by atoms with Gasteiger partial charge in [0.25, 0.3) is 0 Å². The number of carbonyl (C=O) groups is 5. The van der Waals surface area contributed by atoms with E-state index in [1.165, 1.54) is 42.5 Å². The Morgan fingerprint density at radius 2 is 0.699 bits per heavy atom. The fourth-order valence-corrected chi connectivity index (χ4v) is 18.5. The molecule has 103 heavy (non-hydrogen) atoms. The summed E-state index contributed by atoms with van der Waals surface area (Å²) in [5, 5.41) is 3.79. The van der Waals surface area contributed by atoms with E-state index >= 15 is 0 Å². The Morgan fingerprint density at radius 3 is 1.00 bits per heavy atom. The summed E-state index contributed by atoms with van der Waals surface area (Å²) in [7, 11) is 6.30. The van der Waals surface area contributed by atoms with Crippen LogP contribution in [0.15, 0.2) is 329 Å². The molecule has 2 fully saturated rings. The van der Waals surface area contributed by atoms with Gasteiger partial charge in [0.15, 0.2) is 5.11 Å². The quantitative estimate of drug-likeness (QED) is 0.0226. The normalized spacial score (nSPS) is 12.1. The maximum absolute atomic E-state index is 12.6. The summed E-state index contributed by atoms with van der Waals surface area (Å²) in [4.78, 5) is 78.9. The second-order valence-electron chi connectivity index (χ2n) is 21.9. The van der Waals surface area contributed by atoms with Crippen LogP contribution >= 0.6 is 47.0 Å². The second-order valence-corrected chi connectivity index (χ2v) is 35.7. The molecule has 1 N–H and O–H groups in total. The number of amides is 4. The van der Waals surface area contributed by atoms with Crippen molar-refractivity contribution in [3.05, 3.63) is 340 Å². The topological polar surface area (TPSA) is 120 Å². The SMILES string of the molecule is CN1C(=O)C(=Cc2ccc(N(c3ccccc3)c3ccccc3)[se]2)C(=O)N(C)C1=S.CN1C(=O)CC(=O)N(C)C1=S.Ic1ccc[se]1.O=Cc1ccc(N(c2ccccc2)c2ccccc2)[se]1.c1cc[se]c1.c1ccc(N(c2ccccc2)c2ccc[se]2)cc1.c1ccc(Nc2ccccc2)cc1. The molecule has 0 spiro atoms. The number of benzene rings is 8. The molecule has 0 atom stereocenters. The summed E-state index contributed by atoms with van der Waals surface area (Å²) in [6, 6.07) is 103. The van der Waals surface area contributed by atoms with Crippen molar-refractivity contribution in [2.24, 2.45) is 0 Å². The van der Waals surface area contributed by atoms with E-state index < -0.39 is 0 Å². The van der Waals surface area contributed by atoms with Crippen LogP contribution in [0, 0.1) is 2.44 Å². The summed E-state index contributed by atoms with van der Waals surface area (Å²) in [5.74, 6) is -1.20. The van der Waals surface area contributed by atoms with Crippen LogP contribution in [0.25, 0.3) is 6.08 Å². The van der Waals surface area contributed by atoms with Crippen molar-refractivity contribution in [2.75, 3.05) is 48.2 Å². The molecular weight excluding hydrogens is 1760 g/mol. The monoisotopic (exact) mass is 1840 g/mol. The minimum absolute atomic E-state index is 0.0629. The molecule has 2 aliphatic rings. The molecule has 13 nitrogen and oxygen atoms in total. The number of hydrogen-bond donors (Lipinski definition) is 1. The van der Waals surface area contributed by atoms with Crippen LogP contribution in [0.2, 0.25) is 0 Å². The average molecular weight is 1830 g/mol. The fraction of sp³-hybridized carbons (Fsp3) is 0.0610. The van der Waals surface area contributed by atoms with Gasteiger partial charge in [-0.15, -0.1) is 0 Å². The molecule has 21 heteroatoms. The number of nitrogens with zero attached hydrogens (tertiary/aromatic N) is 7. The Balaban J connectivity index is 0.000000149. The van der Waals surface area contributed by atoms with Crippen LogP contribution in [-0.4, -0.2) is 160 Å². The summed E-state index contributed by atoms with van der Waals surface area (Å²) < 4.78 is 7.02. The largest absolute Gasteiger partial charge is 0.356 e. The summed E-state index contributed by atoms with van der Waals surface area (Å²) in [6.07, 6.45) is 2.59. The van der Waals surface area contributed by atoms with Gasteiger partial charge in [-0.1, -0.05) is 36.4 Å².